The molecule has 0 spiro atoms. The van der Waals surface area contributed by atoms with Gasteiger partial charge in [0, 0.05) is 40.8 Å². The number of hydrogen-bond acceptors (Lipinski definition) is 5. The smallest absolute Gasteiger partial charge is 0.269 e. The summed E-state index contributed by atoms with van der Waals surface area (Å²) < 4.78 is -0.749. The van der Waals surface area contributed by atoms with Crippen molar-refractivity contribution in [1.82, 2.24) is 10.3 Å². The summed E-state index contributed by atoms with van der Waals surface area (Å²) in [5, 5.41) is 15.9. The van der Waals surface area contributed by atoms with Gasteiger partial charge in [0.15, 0.2) is 0 Å². The molecular weight excluding hydrogens is 562 g/mol. The standard InChI is InChI=1S/C20H20ClIN4O2.2ClH/c1-19(2,25-12-13-3-6-15(7-4-13)26(27)28)20(22,23)17-9-10-24-18-11-14(21)5-8-16(17)18;;/h3-11,25H,12,23H2,1-2H3;2*1H. The Kier molecular flexibility index (Phi) is 9.28. The number of nitrogens with zero attached hydrogens (tertiary/aromatic N) is 2. The van der Waals surface area contributed by atoms with E-state index in [1.54, 1.807) is 18.3 Å². The second kappa shape index (κ2) is 10.4. The van der Waals surface area contributed by atoms with E-state index in [1.807, 2.05) is 38.1 Å². The number of nitro groups is 1. The van der Waals surface area contributed by atoms with Crippen LogP contribution in [0, 0.1) is 10.1 Å². The maximum absolute atomic E-state index is 10.8. The first kappa shape index (κ1) is 26.8. The molecule has 162 valence electrons. The summed E-state index contributed by atoms with van der Waals surface area (Å²) in [5.74, 6) is 0. The van der Waals surface area contributed by atoms with Crippen LogP contribution in [-0.2, 0) is 10.1 Å². The van der Waals surface area contributed by atoms with E-state index >= 15 is 0 Å². The molecule has 0 fully saturated rings. The summed E-state index contributed by atoms with van der Waals surface area (Å²) in [7, 11) is 0. The third kappa shape index (κ3) is 5.52. The van der Waals surface area contributed by atoms with E-state index in [4.69, 9.17) is 17.3 Å². The maximum atomic E-state index is 10.8. The van der Waals surface area contributed by atoms with Gasteiger partial charge in [-0.2, -0.15) is 0 Å². The van der Waals surface area contributed by atoms with Crippen molar-refractivity contribution >= 4 is 75.6 Å². The largest absolute Gasteiger partial charge is 0.312 e. The van der Waals surface area contributed by atoms with Gasteiger partial charge in [0.25, 0.3) is 5.69 Å². The highest BCUT2D eigenvalue weighted by molar-refractivity contribution is 14.1. The van der Waals surface area contributed by atoms with Crippen LogP contribution in [0.15, 0.2) is 54.7 Å². The molecule has 3 aromatic rings. The Morgan fingerprint density at radius 1 is 1.17 bits per heavy atom. The molecule has 0 bridgehead atoms. The number of alkyl halides is 1. The Bertz CT molecular complexity index is 1030. The number of benzene rings is 2. The van der Waals surface area contributed by atoms with Crippen LogP contribution < -0.4 is 11.1 Å². The summed E-state index contributed by atoms with van der Waals surface area (Å²) in [6.45, 7) is 4.60. The molecule has 2 aromatic carbocycles. The van der Waals surface area contributed by atoms with Crippen molar-refractivity contribution in [3.05, 3.63) is 81.0 Å². The van der Waals surface area contributed by atoms with Gasteiger partial charge in [0.2, 0.25) is 0 Å². The third-order valence-electron chi connectivity index (χ3n) is 4.89. The number of halogens is 4. The molecule has 1 heterocycles. The minimum Gasteiger partial charge on any atom is -0.312 e. The summed E-state index contributed by atoms with van der Waals surface area (Å²) in [6.07, 6.45) is 1.74. The Hall–Kier alpha value is -1.23. The summed E-state index contributed by atoms with van der Waals surface area (Å²) in [4.78, 5) is 14.8. The first-order valence-electron chi connectivity index (χ1n) is 8.63. The minimum absolute atomic E-state index is 0. The number of nitrogens with two attached hydrogens (primary N) is 1. The van der Waals surface area contributed by atoms with Crippen molar-refractivity contribution < 1.29 is 4.92 Å². The van der Waals surface area contributed by atoms with Crippen LogP contribution in [-0.4, -0.2) is 15.4 Å². The van der Waals surface area contributed by atoms with Gasteiger partial charge in [-0.25, -0.2) is 0 Å². The number of hydrogen-bond donors (Lipinski definition) is 2. The lowest BCUT2D eigenvalue weighted by Crippen LogP contribution is -2.58. The summed E-state index contributed by atoms with van der Waals surface area (Å²) >= 11 is 8.36. The quantitative estimate of drug-likeness (QED) is 0.127. The number of rotatable bonds is 6. The van der Waals surface area contributed by atoms with E-state index in [1.165, 1.54) is 12.1 Å². The zero-order valence-corrected chi connectivity index (χ0v) is 20.8. The summed E-state index contributed by atoms with van der Waals surface area (Å²) in [6, 6.07) is 14.0. The zero-order chi connectivity index (χ0) is 20.5. The van der Waals surface area contributed by atoms with Crippen molar-refractivity contribution in [2.75, 3.05) is 0 Å². The van der Waals surface area contributed by atoms with Gasteiger partial charge in [0.05, 0.1) is 10.4 Å². The van der Waals surface area contributed by atoms with Crippen LogP contribution in [0.4, 0.5) is 5.69 Å². The van der Waals surface area contributed by atoms with Crippen LogP contribution in [0.3, 0.4) is 0 Å². The van der Waals surface area contributed by atoms with Crippen LogP contribution in [0.1, 0.15) is 25.0 Å². The highest BCUT2D eigenvalue weighted by atomic mass is 127. The second-order valence-electron chi connectivity index (χ2n) is 7.13. The number of nitro benzene ring substituents is 1. The SMILES string of the molecule is CC(C)(NCc1ccc([N+](=O)[O-])cc1)C(N)(I)c1ccnc2cc(Cl)ccc12.Cl.Cl. The Morgan fingerprint density at radius 3 is 2.40 bits per heavy atom. The normalized spacial score (nSPS) is 13.1. The lowest BCUT2D eigenvalue weighted by molar-refractivity contribution is -0.384. The van der Waals surface area contributed by atoms with Gasteiger partial charge in [0.1, 0.15) is 3.55 Å². The Balaban J connectivity index is 0.00000225. The topological polar surface area (TPSA) is 94.1 Å². The molecule has 0 radical (unpaired) electrons. The summed E-state index contributed by atoms with van der Waals surface area (Å²) in [5.41, 5.74) is 9.09. The number of nitrogens with one attached hydrogen (secondary N) is 1. The molecule has 0 aliphatic heterocycles. The van der Waals surface area contributed by atoms with Crippen molar-refractivity contribution in [1.29, 1.82) is 0 Å². The number of pyridine rings is 1. The molecule has 30 heavy (non-hydrogen) atoms. The van der Waals surface area contributed by atoms with Gasteiger partial charge >= 0.3 is 0 Å². The van der Waals surface area contributed by atoms with Gasteiger partial charge < -0.3 is 11.1 Å². The zero-order valence-electron chi connectivity index (χ0n) is 16.3. The molecule has 0 aliphatic rings. The lowest BCUT2D eigenvalue weighted by Gasteiger charge is -2.41. The molecule has 10 heteroatoms. The molecule has 1 aromatic heterocycles. The average Bonchev–Trinajstić information content (AvgIpc) is 2.65. The van der Waals surface area contributed by atoms with Gasteiger partial charge in [-0.1, -0.05) is 52.4 Å². The van der Waals surface area contributed by atoms with E-state index in [2.05, 4.69) is 32.9 Å². The molecule has 0 amide bonds. The van der Waals surface area contributed by atoms with E-state index in [0.29, 0.717) is 11.6 Å². The molecule has 1 unspecified atom stereocenters. The van der Waals surface area contributed by atoms with Crippen molar-refractivity contribution in [2.24, 2.45) is 5.73 Å². The van der Waals surface area contributed by atoms with Crippen LogP contribution in [0.5, 0.6) is 0 Å². The lowest BCUT2D eigenvalue weighted by atomic mass is 9.87. The molecule has 3 rings (SSSR count). The minimum atomic E-state index is -0.749. The highest BCUT2D eigenvalue weighted by Crippen LogP contribution is 2.40. The van der Waals surface area contributed by atoms with E-state index in [0.717, 1.165) is 22.0 Å². The first-order chi connectivity index (χ1) is 13.1. The van der Waals surface area contributed by atoms with Crippen LogP contribution >= 0.6 is 59.0 Å². The molecule has 6 nitrogen and oxygen atoms in total. The van der Waals surface area contributed by atoms with Gasteiger partial charge in [-0.15, -0.1) is 24.8 Å². The third-order valence-corrected chi connectivity index (χ3v) is 7.05. The molecular formula is C20H22Cl3IN4O2. The fourth-order valence-corrected chi connectivity index (χ4v) is 3.79. The van der Waals surface area contributed by atoms with Crippen molar-refractivity contribution in [3.8, 4) is 0 Å². The van der Waals surface area contributed by atoms with Crippen molar-refractivity contribution in [3.63, 3.8) is 0 Å². The monoisotopic (exact) mass is 582 g/mol. The van der Waals surface area contributed by atoms with Crippen LogP contribution in [0.2, 0.25) is 5.02 Å². The number of aromatic nitrogens is 1. The van der Waals surface area contributed by atoms with E-state index in [-0.39, 0.29) is 30.5 Å². The van der Waals surface area contributed by atoms with E-state index < -0.39 is 14.0 Å². The second-order valence-corrected chi connectivity index (χ2v) is 9.27. The first-order valence-corrected chi connectivity index (χ1v) is 10.1. The Labute approximate surface area is 206 Å². The van der Waals surface area contributed by atoms with Crippen LogP contribution in [0.25, 0.3) is 10.9 Å². The van der Waals surface area contributed by atoms with Crippen molar-refractivity contribution in [2.45, 2.75) is 29.5 Å². The van der Waals surface area contributed by atoms with E-state index in [9.17, 15) is 10.1 Å². The van der Waals surface area contributed by atoms with Gasteiger partial charge in [-0.05, 0) is 43.2 Å². The maximum Gasteiger partial charge on any atom is 0.269 e. The molecule has 0 saturated carbocycles. The molecule has 0 aliphatic carbocycles. The van der Waals surface area contributed by atoms with Gasteiger partial charge in [-0.3, -0.25) is 15.1 Å². The Morgan fingerprint density at radius 2 is 1.80 bits per heavy atom. The molecule has 3 N–H and O–H groups in total. The fourth-order valence-electron chi connectivity index (χ4n) is 2.96. The fraction of sp³-hybridized carbons (Fsp3) is 0.250. The molecule has 1 atom stereocenters. The average molecular weight is 584 g/mol. The highest BCUT2D eigenvalue weighted by Gasteiger charge is 2.41. The number of non-ortho nitro benzene ring substituents is 1. The molecule has 0 saturated heterocycles. The number of fused-ring (bicyclic) bond motifs is 1. The predicted molar refractivity (Wildman–Crippen MR) is 135 cm³/mol. The predicted octanol–water partition coefficient (Wildman–Crippen LogP) is 5.75.